The Morgan fingerprint density at radius 3 is 2.27 bits per heavy atom. The summed E-state index contributed by atoms with van der Waals surface area (Å²) in [5.74, 6) is -1.39. The van der Waals surface area contributed by atoms with Gasteiger partial charge in [0.1, 0.15) is 11.7 Å². The molecule has 0 N–H and O–H groups in total. The standard InChI is InChI=1S/C20H25NO5/c1-6-11-26-15-9-7-14(8-10-15)18-16(19(22)24-4)12(2)21-13(3)17(18)20(23)25-5/h7-10,16,18H,6,11H2,1-5H3/t16?,18-/m1/s1. The maximum Gasteiger partial charge on any atom is 0.336 e. The van der Waals surface area contributed by atoms with Crippen molar-refractivity contribution in [1.82, 2.24) is 0 Å². The van der Waals surface area contributed by atoms with Crippen molar-refractivity contribution in [2.75, 3.05) is 20.8 Å². The average Bonchev–Trinajstić information content (AvgIpc) is 2.65. The minimum atomic E-state index is -0.680. The lowest BCUT2D eigenvalue weighted by Crippen LogP contribution is -2.36. The lowest BCUT2D eigenvalue weighted by Gasteiger charge is -2.31. The van der Waals surface area contributed by atoms with Gasteiger partial charge in [-0.1, -0.05) is 19.1 Å². The Bertz CT molecular complexity index is 733. The minimum Gasteiger partial charge on any atom is -0.494 e. The molecule has 2 atom stereocenters. The number of nitrogens with zero attached hydrogens (tertiary/aromatic N) is 1. The number of esters is 2. The molecule has 1 aliphatic heterocycles. The van der Waals surface area contributed by atoms with Crippen molar-refractivity contribution < 1.29 is 23.8 Å². The van der Waals surface area contributed by atoms with Gasteiger partial charge in [0.15, 0.2) is 0 Å². The van der Waals surface area contributed by atoms with Gasteiger partial charge in [-0.15, -0.1) is 0 Å². The number of hydrogen-bond acceptors (Lipinski definition) is 6. The van der Waals surface area contributed by atoms with Crippen LogP contribution in [0.4, 0.5) is 0 Å². The molecule has 140 valence electrons. The van der Waals surface area contributed by atoms with Gasteiger partial charge in [0.25, 0.3) is 0 Å². The Balaban J connectivity index is 2.51. The van der Waals surface area contributed by atoms with Crippen molar-refractivity contribution in [3.63, 3.8) is 0 Å². The topological polar surface area (TPSA) is 74.2 Å². The molecule has 0 saturated heterocycles. The van der Waals surface area contributed by atoms with Gasteiger partial charge in [-0.05, 0) is 38.0 Å². The number of ether oxygens (including phenoxy) is 3. The maximum absolute atomic E-state index is 12.4. The van der Waals surface area contributed by atoms with E-state index < -0.39 is 23.8 Å². The van der Waals surface area contributed by atoms with Crippen molar-refractivity contribution >= 4 is 17.7 Å². The third kappa shape index (κ3) is 3.95. The molecule has 6 nitrogen and oxygen atoms in total. The quantitative estimate of drug-likeness (QED) is 0.729. The van der Waals surface area contributed by atoms with Gasteiger partial charge >= 0.3 is 11.9 Å². The van der Waals surface area contributed by atoms with Crippen molar-refractivity contribution in [2.24, 2.45) is 10.9 Å². The summed E-state index contributed by atoms with van der Waals surface area (Å²) in [5, 5.41) is 0. The summed E-state index contributed by atoms with van der Waals surface area (Å²) in [7, 11) is 2.65. The molecule has 0 radical (unpaired) electrons. The predicted molar refractivity (Wildman–Crippen MR) is 98.3 cm³/mol. The zero-order chi connectivity index (χ0) is 19.3. The fraction of sp³-hybridized carbons (Fsp3) is 0.450. The zero-order valence-electron chi connectivity index (χ0n) is 15.9. The SMILES string of the molecule is CCCOc1ccc([C@H]2C(C(=O)OC)=C(C)N=C(C)C2C(=O)OC)cc1. The van der Waals surface area contributed by atoms with Crippen LogP contribution in [0.3, 0.4) is 0 Å². The minimum absolute atomic E-state index is 0.371. The number of rotatable bonds is 6. The van der Waals surface area contributed by atoms with E-state index >= 15 is 0 Å². The molecule has 1 aliphatic rings. The molecule has 2 rings (SSSR count). The van der Waals surface area contributed by atoms with Gasteiger partial charge in [0, 0.05) is 17.3 Å². The molecule has 1 unspecified atom stereocenters. The van der Waals surface area contributed by atoms with E-state index in [0.717, 1.165) is 17.7 Å². The van der Waals surface area contributed by atoms with E-state index in [2.05, 4.69) is 4.99 Å². The molecule has 26 heavy (non-hydrogen) atoms. The smallest absolute Gasteiger partial charge is 0.336 e. The Kier molecular flexibility index (Phi) is 6.55. The first kappa shape index (κ1) is 19.7. The highest BCUT2D eigenvalue weighted by Crippen LogP contribution is 2.40. The number of aliphatic imine (C=N–C) groups is 1. The second-order valence-electron chi connectivity index (χ2n) is 6.14. The molecule has 0 aliphatic carbocycles. The molecule has 0 amide bonds. The number of carbonyl (C=O) groups excluding carboxylic acids is 2. The van der Waals surface area contributed by atoms with Gasteiger partial charge < -0.3 is 14.2 Å². The van der Waals surface area contributed by atoms with Crippen LogP contribution < -0.4 is 4.74 Å². The molecular formula is C20H25NO5. The van der Waals surface area contributed by atoms with Crippen molar-refractivity contribution in [2.45, 2.75) is 33.1 Å². The monoisotopic (exact) mass is 359 g/mol. The molecular weight excluding hydrogens is 334 g/mol. The molecule has 1 heterocycles. The lowest BCUT2D eigenvalue weighted by atomic mass is 9.75. The van der Waals surface area contributed by atoms with Crippen molar-refractivity contribution in [3.05, 3.63) is 41.1 Å². The van der Waals surface area contributed by atoms with E-state index in [-0.39, 0.29) is 0 Å². The molecule has 0 saturated carbocycles. The van der Waals surface area contributed by atoms with Crippen LogP contribution >= 0.6 is 0 Å². The van der Waals surface area contributed by atoms with Crippen LogP contribution in [0.25, 0.3) is 0 Å². The third-order valence-corrected chi connectivity index (χ3v) is 4.40. The molecule has 0 spiro atoms. The van der Waals surface area contributed by atoms with E-state index in [1.807, 2.05) is 31.2 Å². The van der Waals surface area contributed by atoms with Crippen LogP contribution in [-0.2, 0) is 19.1 Å². The van der Waals surface area contributed by atoms with Crippen LogP contribution in [0, 0.1) is 5.92 Å². The van der Waals surface area contributed by atoms with Crippen molar-refractivity contribution in [3.8, 4) is 5.75 Å². The largest absolute Gasteiger partial charge is 0.494 e. The highest BCUT2D eigenvalue weighted by molar-refractivity contribution is 6.06. The number of methoxy groups -OCH3 is 2. The Morgan fingerprint density at radius 2 is 1.73 bits per heavy atom. The van der Waals surface area contributed by atoms with Gasteiger partial charge in [0.2, 0.25) is 0 Å². The van der Waals surface area contributed by atoms with Crippen LogP contribution in [0.1, 0.15) is 38.7 Å². The number of benzene rings is 1. The number of hydrogen-bond donors (Lipinski definition) is 0. The van der Waals surface area contributed by atoms with Gasteiger partial charge in [-0.2, -0.15) is 0 Å². The normalized spacial score (nSPS) is 19.7. The number of carbonyl (C=O) groups is 2. The molecule has 0 aromatic heterocycles. The molecule has 1 aromatic rings. The van der Waals surface area contributed by atoms with E-state index in [4.69, 9.17) is 14.2 Å². The summed E-state index contributed by atoms with van der Waals surface area (Å²) in [4.78, 5) is 29.2. The van der Waals surface area contributed by atoms with E-state index in [9.17, 15) is 9.59 Å². The highest BCUT2D eigenvalue weighted by atomic mass is 16.5. The maximum atomic E-state index is 12.4. The summed E-state index contributed by atoms with van der Waals surface area (Å²) in [6, 6.07) is 7.40. The van der Waals surface area contributed by atoms with E-state index in [0.29, 0.717) is 23.6 Å². The summed E-state index contributed by atoms with van der Waals surface area (Å²) in [6.07, 6.45) is 0.916. The zero-order valence-corrected chi connectivity index (χ0v) is 15.9. The van der Waals surface area contributed by atoms with E-state index in [1.54, 1.807) is 13.8 Å². The first-order valence-corrected chi connectivity index (χ1v) is 8.59. The highest BCUT2D eigenvalue weighted by Gasteiger charge is 2.41. The Labute approximate surface area is 153 Å². The van der Waals surface area contributed by atoms with Crippen LogP contribution in [-0.4, -0.2) is 38.5 Å². The number of allylic oxidation sites excluding steroid dienone is 1. The van der Waals surface area contributed by atoms with Gasteiger partial charge in [-0.3, -0.25) is 9.79 Å². The molecule has 6 heteroatoms. The molecule has 0 fully saturated rings. The Hall–Kier alpha value is -2.63. The van der Waals surface area contributed by atoms with Crippen LogP contribution in [0.15, 0.2) is 40.5 Å². The fourth-order valence-electron chi connectivity index (χ4n) is 3.20. The fourth-order valence-corrected chi connectivity index (χ4v) is 3.20. The third-order valence-electron chi connectivity index (χ3n) is 4.40. The Morgan fingerprint density at radius 1 is 1.08 bits per heavy atom. The summed E-state index contributed by atoms with van der Waals surface area (Å²) in [6.45, 7) is 6.18. The first-order valence-electron chi connectivity index (χ1n) is 8.59. The average molecular weight is 359 g/mol. The van der Waals surface area contributed by atoms with Crippen molar-refractivity contribution in [1.29, 1.82) is 0 Å². The molecule has 1 aromatic carbocycles. The summed E-state index contributed by atoms with van der Waals surface area (Å²) >= 11 is 0. The first-order chi connectivity index (χ1) is 12.4. The van der Waals surface area contributed by atoms with Crippen LogP contribution in [0.5, 0.6) is 5.75 Å². The second kappa shape index (κ2) is 8.65. The summed E-state index contributed by atoms with van der Waals surface area (Å²) < 4.78 is 15.5. The molecule has 0 bridgehead atoms. The predicted octanol–water partition coefficient (Wildman–Crippen LogP) is 3.27. The summed E-state index contributed by atoms with van der Waals surface area (Å²) in [5.41, 5.74) is 2.33. The van der Waals surface area contributed by atoms with Crippen LogP contribution in [0.2, 0.25) is 0 Å². The second-order valence-corrected chi connectivity index (χ2v) is 6.14. The van der Waals surface area contributed by atoms with Gasteiger partial charge in [0.05, 0.1) is 26.4 Å². The van der Waals surface area contributed by atoms with Gasteiger partial charge in [-0.25, -0.2) is 4.79 Å². The van der Waals surface area contributed by atoms with E-state index in [1.165, 1.54) is 14.2 Å². The lowest BCUT2D eigenvalue weighted by molar-refractivity contribution is -0.143.